The minimum atomic E-state index is -0.747. The molecule has 0 N–H and O–H groups in total. The molecule has 0 radical (unpaired) electrons. The third kappa shape index (κ3) is 3.17. The average Bonchev–Trinajstić information content (AvgIpc) is 2.44. The Bertz CT molecular complexity index is 666. The molecule has 0 fully saturated rings. The van der Waals surface area contributed by atoms with E-state index in [1.807, 2.05) is 36.4 Å². The van der Waals surface area contributed by atoms with Crippen molar-refractivity contribution in [1.29, 1.82) is 5.26 Å². The molecule has 0 aliphatic carbocycles. The molecule has 4 nitrogen and oxygen atoms in total. The maximum absolute atomic E-state index is 11.4. The van der Waals surface area contributed by atoms with Crippen LogP contribution in [-0.4, -0.2) is 17.1 Å². The highest BCUT2D eigenvalue weighted by Gasteiger charge is 2.04. The van der Waals surface area contributed by atoms with E-state index in [2.05, 4.69) is 4.98 Å². The monoisotopic (exact) mass is 252 g/mol. The van der Waals surface area contributed by atoms with Crippen LogP contribution < -0.4 is 0 Å². The molecule has 0 saturated carbocycles. The van der Waals surface area contributed by atoms with Gasteiger partial charge in [0.2, 0.25) is 0 Å². The fraction of sp³-hybridized carbons (Fsp3) is 0.133. The number of rotatable bonds is 3. The normalized spacial score (nSPS) is 12.2. The number of carbonyl (C=O) groups excluding carboxylic acids is 1. The van der Waals surface area contributed by atoms with E-state index in [1.54, 1.807) is 12.3 Å². The highest BCUT2D eigenvalue weighted by Crippen LogP contribution is 2.17. The highest BCUT2D eigenvalue weighted by molar-refractivity contribution is 5.92. The van der Waals surface area contributed by atoms with Crippen molar-refractivity contribution in [3.05, 3.63) is 48.2 Å². The van der Waals surface area contributed by atoms with Crippen LogP contribution in [0.4, 0.5) is 0 Å². The molecule has 1 aromatic carbocycles. The lowest BCUT2D eigenvalue weighted by atomic mass is 10.1. The Morgan fingerprint density at radius 2 is 2.21 bits per heavy atom. The van der Waals surface area contributed by atoms with Gasteiger partial charge in [-0.2, -0.15) is 5.26 Å². The number of aromatic nitrogens is 1. The van der Waals surface area contributed by atoms with E-state index in [4.69, 9.17) is 10.00 Å². The highest BCUT2D eigenvalue weighted by atomic mass is 16.5. The third-order valence-corrected chi connectivity index (χ3v) is 2.54. The number of hydrogen-bond acceptors (Lipinski definition) is 4. The molecule has 1 aromatic heterocycles. The van der Waals surface area contributed by atoms with Crippen LogP contribution in [0.25, 0.3) is 17.0 Å². The maximum Gasteiger partial charge on any atom is 0.332 e. The summed E-state index contributed by atoms with van der Waals surface area (Å²) in [6, 6.07) is 11.4. The summed E-state index contributed by atoms with van der Waals surface area (Å²) < 4.78 is 4.83. The second kappa shape index (κ2) is 5.78. The van der Waals surface area contributed by atoms with Crippen molar-refractivity contribution in [2.45, 2.75) is 13.0 Å². The zero-order chi connectivity index (χ0) is 13.7. The van der Waals surface area contributed by atoms with Gasteiger partial charge in [-0.3, -0.25) is 4.98 Å². The Labute approximate surface area is 111 Å². The number of hydrogen-bond donors (Lipinski definition) is 0. The zero-order valence-corrected chi connectivity index (χ0v) is 10.4. The fourth-order valence-corrected chi connectivity index (χ4v) is 1.66. The van der Waals surface area contributed by atoms with Crippen LogP contribution in [0.2, 0.25) is 0 Å². The van der Waals surface area contributed by atoms with Crippen LogP contribution in [-0.2, 0) is 9.53 Å². The Balaban J connectivity index is 2.22. The molecular weight excluding hydrogens is 240 g/mol. The summed E-state index contributed by atoms with van der Waals surface area (Å²) >= 11 is 0. The van der Waals surface area contributed by atoms with Gasteiger partial charge in [0.15, 0.2) is 6.10 Å². The summed E-state index contributed by atoms with van der Waals surface area (Å²) in [4.78, 5) is 15.7. The van der Waals surface area contributed by atoms with Gasteiger partial charge in [-0.05, 0) is 19.1 Å². The summed E-state index contributed by atoms with van der Waals surface area (Å²) in [6.45, 7) is 1.52. The molecule has 0 amide bonds. The zero-order valence-electron chi connectivity index (χ0n) is 10.4. The minimum absolute atomic E-state index is 0.540. The molecule has 4 heteroatoms. The molecular formula is C15H12N2O2. The molecule has 1 atom stereocenters. The van der Waals surface area contributed by atoms with E-state index < -0.39 is 12.1 Å². The molecule has 0 aliphatic heterocycles. The number of para-hydroxylation sites is 1. The molecule has 19 heavy (non-hydrogen) atoms. The summed E-state index contributed by atoms with van der Waals surface area (Å²) in [5.41, 5.74) is 1.65. The van der Waals surface area contributed by atoms with Crippen molar-refractivity contribution < 1.29 is 9.53 Å². The number of nitrogens with zero attached hydrogens (tertiary/aromatic N) is 2. The van der Waals surface area contributed by atoms with Gasteiger partial charge in [0.05, 0.1) is 5.52 Å². The van der Waals surface area contributed by atoms with Crippen LogP contribution in [0.3, 0.4) is 0 Å². The molecule has 2 aromatic rings. The second-order valence-electron chi connectivity index (χ2n) is 3.96. The lowest BCUT2D eigenvalue weighted by Gasteiger charge is -2.02. The van der Waals surface area contributed by atoms with E-state index in [9.17, 15) is 4.79 Å². The van der Waals surface area contributed by atoms with Gasteiger partial charge in [-0.15, -0.1) is 0 Å². The van der Waals surface area contributed by atoms with Crippen LogP contribution in [0, 0.1) is 11.3 Å². The lowest BCUT2D eigenvalue weighted by molar-refractivity contribution is -0.139. The summed E-state index contributed by atoms with van der Waals surface area (Å²) in [6.07, 6.45) is 3.90. The Kier molecular flexibility index (Phi) is 3.89. The van der Waals surface area contributed by atoms with Crippen molar-refractivity contribution in [3.8, 4) is 6.07 Å². The van der Waals surface area contributed by atoms with Crippen molar-refractivity contribution in [2.75, 3.05) is 0 Å². The molecule has 0 saturated heterocycles. The molecule has 94 valence electrons. The van der Waals surface area contributed by atoms with E-state index in [-0.39, 0.29) is 0 Å². The van der Waals surface area contributed by atoms with Gasteiger partial charge in [0.25, 0.3) is 0 Å². The lowest BCUT2D eigenvalue weighted by Crippen LogP contribution is -2.10. The molecule has 0 bridgehead atoms. The van der Waals surface area contributed by atoms with Crippen molar-refractivity contribution in [3.63, 3.8) is 0 Å². The largest absolute Gasteiger partial charge is 0.444 e. The molecule has 0 spiro atoms. The average molecular weight is 252 g/mol. The molecule has 0 aliphatic rings. The number of benzene rings is 1. The van der Waals surface area contributed by atoms with E-state index >= 15 is 0 Å². The minimum Gasteiger partial charge on any atom is -0.444 e. The fourth-order valence-electron chi connectivity index (χ4n) is 1.66. The van der Waals surface area contributed by atoms with Gasteiger partial charge < -0.3 is 4.74 Å². The van der Waals surface area contributed by atoms with Crippen LogP contribution >= 0.6 is 0 Å². The smallest absolute Gasteiger partial charge is 0.332 e. The van der Waals surface area contributed by atoms with Gasteiger partial charge in [-0.1, -0.05) is 24.3 Å². The SMILES string of the molecule is CC(C#N)OC(=O)/C=C/c1cccc2cccnc12. The van der Waals surface area contributed by atoms with E-state index in [0.717, 1.165) is 16.5 Å². The predicted molar refractivity (Wildman–Crippen MR) is 71.9 cm³/mol. The van der Waals surface area contributed by atoms with Crippen molar-refractivity contribution in [1.82, 2.24) is 4.98 Å². The predicted octanol–water partition coefficient (Wildman–Crippen LogP) is 2.70. The standard InChI is InChI=1S/C15H12N2O2/c1-11(10-16)19-14(18)8-7-13-5-2-4-12-6-3-9-17-15(12)13/h2-9,11H,1H3/b8-7+. The maximum atomic E-state index is 11.4. The Morgan fingerprint density at radius 3 is 3.00 bits per heavy atom. The number of pyridine rings is 1. The van der Waals surface area contributed by atoms with E-state index in [1.165, 1.54) is 13.0 Å². The van der Waals surface area contributed by atoms with Crippen LogP contribution in [0.15, 0.2) is 42.6 Å². The summed E-state index contributed by atoms with van der Waals surface area (Å²) in [5.74, 6) is -0.540. The first-order chi connectivity index (χ1) is 9.20. The van der Waals surface area contributed by atoms with Crippen molar-refractivity contribution in [2.24, 2.45) is 0 Å². The van der Waals surface area contributed by atoms with Gasteiger partial charge in [0, 0.05) is 23.2 Å². The van der Waals surface area contributed by atoms with Gasteiger partial charge in [0.1, 0.15) is 6.07 Å². The van der Waals surface area contributed by atoms with Crippen molar-refractivity contribution >= 4 is 22.9 Å². The summed E-state index contributed by atoms with van der Waals surface area (Å²) in [7, 11) is 0. The first-order valence-corrected chi connectivity index (χ1v) is 5.83. The van der Waals surface area contributed by atoms with Gasteiger partial charge in [-0.25, -0.2) is 4.79 Å². The molecule has 1 heterocycles. The second-order valence-corrected chi connectivity index (χ2v) is 3.96. The topological polar surface area (TPSA) is 63.0 Å². The van der Waals surface area contributed by atoms with Crippen LogP contribution in [0.1, 0.15) is 12.5 Å². The number of esters is 1. The Morgan fingerprint density at radius 1 is 1.42 bits per heavy atom. The molecule has 2 rings (SSSR count). The number of fused-ring (bicyclic) bond motifs is 1. The number of ether oxygens (including phenoxy) is 1. The third-order valence-electron chi connectivity index (χ3n) is 2.54. The van der Waals surface area contributed by atoms with Crippen LogP contribution in [0.5, 0.6) is 0 Å². The van der Waals surface area contributed by atoms with E-state index in [0.29, 0.717) is 0 Å². The van der Waals surface area contributed by atoms with Gasteiger partial charge >= 0.3 is 5.97 Å². The number of nitriles is 1. The quantitative estimate of drug-likeness (QED) is 0.622. The first kappa shape index (κ1) is 12.8. The first-order valence-electron chi connectivity index (χ1n) is 5.83. The summed E-state index contributed by atoms with van der Waals surface area (Å²) in [5, 5.41) is 9.55. The Hall–Kier alpha value is -2.67. The number of carbonyl (C=O) groups is 1. The molecule has 1 unspecified atom stereocenters.